The van der Waals surface area contributed by atoms with Crippen molar-refractivity contribution in [2.75, 3.05) is 19.7 Å². The fourth-order valence-corrected chi connectivity index (χ4v) is 2.17. The molecule has 0 aliphatic carbocycles. The van der Waals surface area contributed by atoms with E-state index in [9.17, 15) is 0 Å². The number of nitrogens with zero attached hydrogens (tertiary/aromatic N) is 3. The molecule has 2 rings (SSSR count). The van der Waals surface area contributed by atoms with Crippen molar-refractivity contribution in [1.82, 2.24) is 14.7 Å². The van der Waals surface area contributed by atoms with Crippen molar-refractivity contribution in [3.05, 3.63) is 53.9 Å². The molecule has 0 amide bonds. The second kappa shape index (κ2) is 7.07. The van der Waals surface area contributed by atoms with Crippen molar-refractivity contribution in [3.8, 4) is 0 Å². The van der Waals surface area contributed by atoms with Gasteiger partial charge in [0, 0.05) is 45.0 Å². The van der Waals surface area contributed by atoms with Crippen molar-refractivity contribution in [2.24, 2.45) is 7.05 Å². The Balaban J connectivity index is 1.91. The molecule has 0 aliphatic heterocycles. The van der Waals surface area contributed by atoms with E-state index >= 15 is 0 Å². The molecule has 19 heavy (non-hydrogen) atoms. The highest BCUT2D eigenvalue weighted by atomic mass is 16.3. The highest BCUT2D eigenvalue weighted by molar-refractivity contribution is 5.14. The molecule has 0 aliphatic rings. The van der Waals surface area contributed by atoms with Crippen LogP contribution in [-0.2, 0) is 20.0 Å². The van der Waals surface area contributed by atoms with Crippen LogP contribution in [0.3, 0.4) is 0 Å². The molecule has 0 saturated carbocycles. The van der Waals surface area contributed by atoms with Crippen LogP contribution in [0.15, 0.2) is 42.6 Å². The Morgan fingerprint density at radius 1 is 1.16 bits per heavy atom. The molecule has 1 aromatic heterocycles. The summed E-state index contributed by atoms with van der Waals surface area (Å²) in [6.07, 6.45) is 2.77. The zero-order valence-electron chi connectivity index (χ0n) is 11.4. The summed E-state index contributed by atoms with van der Waals surface area (Å²) >= 11 is 0. The maximum Gasteiger partial charge on any atom is 0.0558 e. The lowest BCUT2D eigenvalue weighted by Crippen LogP contribution is -2.29. The normalized spacial score (nSPS) is 11.1. The third kappa shape index (κ3) is 4.19. The van der Waals surface area contributed by atoms with Crippen LogP contribution >= 0.6 is 0 Å². The molecule has 0 fully saturated rings. The van der Waals surface area contributed by atoms with Gasteiger partial charge in [0.05, 0.1) is 6.61 Å². The van der Waals surface area contributed by atoms with Crippen molar-refractivity contribution in [2.45, 2.75) is 13.0 Å². The van der Waals surface area contributed by atoms with E-state index in [0.29, 0.717) is 6.54 Å². The minimum atomic E-state index is 0.193. The van der Waals surface area contributed by atoms with Crippen LogP contribution in [0.1, 0.15) is 11.3 Å². The highest BCUT2D eigenvalue weighted by Crippen LogP contribution is 2.06. The molecule has 4 heteroatoms. The van der Waals surface area contributed by atoms with E-state index < -0.39 is 0 Å². The van der Waals surface area contributed by atoms with Crippen molar-refractivity contribution >= 4 is 0 Å². The molecule has 0 unspecified atom stereocenters. The van der Waals surface area contributed by atoms with Gasteiger partial charge in [0.1, 0.15) is 0 Å². The first kappa shape index (κ1) is 13.8. The summed E-state index contributed by atoms with van der Waals surface area (Å²) < 4.78 is 1.90. The van der Waals surface area contributed by atoms with Crippen molar-refractivity contribution in [1.29, 1.82) is 0 Å². The molecule has 0 saturated heterocycles. The maximum atomic E-state index is 9.17. The lowest BCUT2D eigenvalue weighted by Gasteiger charge is -2.21. The summed E-state index contributed by atoms with van der Waals surface area (Å²) in [7, 11) is 1.96. The van der Waals surface area contributed by atoms with E-state index in [-0.39, 0.29) is 6.61 Å². The minimum Gasteiger partial charge on any atom is -0.395 e. The number of hydrogen-bond acceptors (Lipinski definition) is 3. The molecule has 4 nitrogen and oxygen atoms in total. The zero-order valence-corrected chi connectivity index (χ0v) is 11.4. The van der Waals surface area contributed by atoms with Gasteiger partial charge >= 0.3 is 0 Å². The van der Waals surface area contributed by atoms with Crippen molar-refractivity contribution in [3.63, 3.8) is 0 Å². The summed E-state index contributed by atoms with van der Waals surface area (Å²) in [5.74, 6) is 0. The number of hydrogen-bond donors (Lipinski definition) is 1. The number of benzene rings is 1. The van der Waals surface area contributed by atoms with Gasteiger partial charge in [-0.1, -0.05) is 30.3 Å². The quantitative estimate of drug-likeness (QED) is 0.818. The Labute approximate surface area is 114 Å². The first-order valence-corrected chi connectivity index (χ1v) is 6.63. The fraction of sp³-hybridized carbons (Fsp3) is 0.400. The van der Waals surface area contributed by atoms with Crippen LogP contribution in [0.5, 0.6) is 0 Å². The smallest absolute Gasteiger partial charge is 0.0558 e. The van der Waals surface area contributed by atoms with E-state index in [2.05, 4.69) is 22.1 Å². The topological polar surface area (TPSA) is 41.3 Å². The first-order valence-electron chi connectivity index (χ1n) is 6.63. The second-order valence-corrected chi connectivity index (χ2v) is 4.68. The van der Waals surface area contributed by atoms with E-state index in [4.69, 9.17) is 5.11 Å². The van der Waals surface area contributed by atoms with Gasteiger partial charge in [-0.2, -0.15) is 5.10 Å². The van der Waals surface area contributed by atoms with Gasteiger partial charge in [0.15, 0.2) is 0 Å². The second-order valence-electron chi connectivity index (χ2n) is 4.68. The van der Waals surface area contributed by atoms with Gasteiger partial charge < -0.3 is 5.11 Å². The van der Waals surface area contributed by atoms with Gasteiger partial charge in [0.25, 0.3) is 0 Å². The molecule has 1 N–H and O–H groups in total. The van der Waals surface area contributed by atoms with Gasteiger partial charge in [-0.15, -0.1) is 0 Å². The lowest BCUT2D eigenvalue weighted by molar-refractivity contribution is 0.191. The monoisotopic (exact) mass is 259 g/mol. The van der Waals surface area contributed by atoms with Crippen LogP contribution in [-0.4, -0.2) is 39.5 Å². The summed E-state index contributed by atoms with van der Waals surface area (Å²) in [4.78, 5) is 2.27. The molecule has 0 bridgehead atoms. The number of aryl methyl sites for hydroxylation is 1. The molecule has 2 aromatic rings. The summed E-state index contributed by atoms with van der Waals surface area (Å²) in [5.41, 5.74) is 2.50. The maximum absolute atomic E-state index is 9.17. The Morgan fingerprint density at radius 3 is 2.58 bits per heavy atom. The fourth-order valence-electron chi connectivity index (χ4n) is 2.17. The van der Waals surface area contributed by atoms with Crippen LogP contribution in [0.25, 0.3) is 0 Å². The summed E-state index contributed by atoms with van der Waals surface area (Å²) in [6.45, 7) is 2.69. The summed E-state index contributed by atoms with van der Waals surface area (Å²) in [6, 6.07) is 12.4. The number of aromatic nitrogens is 2. The molecule has 0 spiro atoms. The molecule has 1 aromatic carbocycles. The lowest BCUT2D eigenvalue weighted by atomic mass is 10.2. The Morgan fingerprint density at radius 2 is 1.95 bits per heavy atom. The molecule has 102 valence electrons. The van der Waals surface area contributed by atoms with E-state index in [1.165, 1.54) is 11.3 Å². The Hall–Kier alpha value is -1.65. The minimum absolute atomic E-state index is 0.193. The average Bonchev–Trinajstić information content (AvgIpc) is 2.83. The van der Waals surface area contributed by atoms with E-state index in [1.54, 1.807) is 0 Å². The van der Waals surface area contributed by atoms with E-state index in [1.807, 2.05) is 42.2 Å². The molecule has 1 heterocycles. The molecular formula is C15H21N3O. The highest BCUT2D eigenvalue weighted by Gasteiger charge is 2.07. The van der Waals surface area contributed by atoms with E-state index in [0.717, 1.165) is 19.5 Å². The predicted octanol–water partition coefficient (Wildman–Crippen LogP) is 1.46. The Bertz CT molecular complexity index is 481. The third-order valence-electron chi connectivity index (χ3n) is 3.27. The number of rotatable bonds is 7. The third-order valence-corrected chi connectivity index (χ3v) is 3.27. The SMILES string of the molecule is Cn1nccc1CCN(CCO)Cc1ccccc1. The van der Waals surface area contributed by atoms with Gasteiger partial charge in [0.2, 0.25) is 0 Å². The van der Waals surface area contributed by atoms with Gasteiger partial charge in [-0.05, 0) is 11.6 Å². The average molecular weight is 259 g/mol. The van der Waals surface area contributed by atoms with Crippen molar-refractivity contribution < 1.29 is 5.11 Å². The molecule has 0 atom stereocenters. The standard InChI is InChI=1S/C15H21N3O/c1-17-15(7-9-16-17)8-10-18(11-12-19)13-14-5-3-2-4-6-14/h2-7,9,19H,8,10-13H2,1H3. The molecule has 0 radical (unpaired) electrons. The van der Waals surface area contributed by atoms with Crippen LogP contribution < -0.4 is 0 Å². The Kier molecular flexibility index (Phi) is 5.12. The van der Waals surface area contributed by atoms with Crippen LogP contribution in [0.2, 0.25) is 0 Å². The van der Waals surface area contributed by atoms with Crippen LogP contribution in [0.4, 0.5) is 0 Å². The largest absolute Gasteiger partial charge is 0.395 e. The number of aliphatic hydroxyl groups excluding tert-OH is 1. The molecular weight excluding hydrogens is 238 g/mol. The van der Waals surface area contributed by atoms with Gasteiger partial charge in [-0.25, -0.2) is 0 Å². The van der Waals surface area contributed by atoms with Crippen LogP contribution in [0, 0.1) is 0 Å². The van der Waals surface area contributed by atoms with Gasteiger partial charge in [-0.3, -0.25) is 9.58 Å². The first-order chi connectivity index (χ1) is 9.29. The predicted molar refractivity (Wildman–Crippen MR) is 75.7 cm³/mol. The summed E-state index contributed by atoms with van der Waals surface area (Å²) in [5, 5.41) is 13.3. The number of aliphatic hydroxyl groups is 1. The zero-order chi connectivity index (χ0) is 13.5.